The molecule has 1 aromatic rings. The maximum Gasteiger partial charge on any atom is -0.0165 e. The Morgan fingerprint density at radius 1 is 0.714 bits per heavy atom. The minimum absolute atomic E-state index is 0.774. The highest BCUT2D eigenvalue weighted by Gasteiger charge is 2.05. The van der Waals surface area contributed by atoms with Crippen molar-refractivity contribution in [3.8, 4) is 0 Å². The van der Waals surface area contributed by atoms with Gasteiger partial charge in [-0.2, -0.15) is 0 Å². The lowest BCUT2D eigenvalue weighted by molar-refractivity contribution is 0.596. The molecule has 1 atom stereocenters. The van der Waals surface area contributed by atoms with Crippen molar-refractivity contribution in [1.29, 1.82) is 0 Å². The largest absolute Gasteiger partial charge is 0.0683 e. The minimum Gasteiger partial charge on any atom is -0.0683 e. The van der Waals surface area contributed by atoms with Crippen molar-refractivity contribution < 1.29 is 0 Å². The summed E-state index contributed by atoms with van der Waals surface area (Å²) >= 11 is 0. The zero-order valence-corrected chi connectivity index (χ0v) is 16.8. The average Bonchev–Trinajstić information content (AvgIpc) is 2.59. The fourth-order valence-corrected chi connectivity index (χ4v) is 1.68. The second-order valence-corrected chi connectivity index (χ2v) is 4.01. The second-order valence-electron chi connectivity index (χ2n) is 4.01. The van der Waals surface area contributed by atoms with Gasteiger partial charge in [0.2, 0.25) is 0 Å². The Morgan fingerprint density at radius 2 is 1.10 bits per heavy atom. The summed E-state index contributed by atoms with van der Waals surface area (Å²) in [5.41, 5.74) is 1.50. The van der Waals surface area contributed by atoms with Crippen molar-refractivity contribution in [1.82, 2.24) is 0 Å². The first-order valence-electron chi connectivity index (χ1n) is 9.34. The lowest BCUT2D eigenvalue weighted by Gasteiger charge is -2.13. The van der Waals surface area contributed by atoms with Gasteiger partial charge >= 0.3 is 0 Å². The molecule has 0 radical (unpaired) electrons. The highest BCUT2D eigenvalue weighted by atomic mass is 14.1. The van der Waals surface area contributed by atoms with Crippen LogP contribution in [0.4, 0.5) is 0 Å². The summed E-state index contributed by atoms with van der Waals surface area (Å²) in [4.78, 5) is 0. The molecule has 0 nitrogen and oxygen atoms in total. The fraction of sp³-hybridized carbons (Fsp3) is 0.714. The third-order valence-electron chi connectivity index (χ3n) is 2.40. The summed E-state index contributed by atoms with van der Waals surface area (Å²) in [5, 5.41) is 0. The summed E-state index contributed by atoms with van der Waals surface area (Å²) in [7, 11) is 0. The van der Waals surface area contributed by atoms with Crippen molar-refractivity contribution in [2.24, 2.45) is 0 Å². The molecule has 0 N–H and O–H groups in total. The molecule has 128 valence electrons. The van der Waals surface area contributed by atoms with Gasteiger partial charge in [0, 0.05) is 0 Å². The van der Waals surface area contributed by atoms with E-state index in [1.807, 2.05) is 41.5 Å². The van der Waals surface area contributed by atoms with Gasteiger partial charge in [-0.05, 0) is 24.3 Å². The molecule has 0 aliphatic heterocycles. The standard InChI is InChI=1S/C12H18.C3H8.3C2H6/c1-3-8-11(4-2)12-9-6-5-7-10-12;1-3-2;3*1-2/h5-7,9-11H,3-4,8H2,1-2H3;3H2,1-2H3;3*1-2H3. The Hall–Kier alpha value is -0.780. The van der Waals surface area contributed by atoms with Gasteiger partial charge in [-0.1, -0.05) is 112 Å². The summed E-state index contributed by atoms with van der Waals surface area (Å²) < 4.78 is 0. The fourth-order valence-electron chi connectivity index (χ4n) is 1.68. The van der Waals surface area contributed by atoms with Gasteiger partial charge in [0.25, 0.3) is 0 Å². The van der Waals surface area contributed by atoms with Crippen molar-refractivity contribution in [2.45, 2.75) is 101 Å². The van der Waals surface area contributed by atoms with E-state index in [9.17, 15) is 0 Å². The van der Waals surface area contributed by atoms with E-state index >= 15 is 0 Å². The van der Waals surface area contributed by atoms with Gasteiger partial charge < -0.3 is 0 Å². The van der Waals surface area contributed by atoms with Crippen LogP contribution in [0.5, 0.6) is 0 Å². The number of benzene rings is 1. The van der Waals surface area contributed by atoms with Crippen LogP contribution < -0.4 is 0 Å². The molecule has 0 fully saturated rings. The molecular weight excluding hydrogens is 252 g/mol. The zero-order chi connectivity index (χ0) is 17.5. The van der Waals surface area contributed by atoms with Crippen LogP contribution in [-0.4, -0.2) is 0 Å². The first kappa shape index (κ1) is 28.4. The molecule has 0 amide bonds. The monoisotopic (exact) mass is 296 g/mol. The van der Waals surface area contributed by atoms with E-state index < -0.39 is 0 Å². The molecule has 1 unspecified atom stereocenters. The SMILES string of the molecule is CC.CC.CC.CCC.CCCC(CC)c1ccccc1. The summed E-state index contributed by atoms with van der Waals surface area (Å²) in [6.45, 7) is 20.8. The lowest BCUT2D eigenvalue weighted by Crippen LogP contribution is -1.95. The first-order valence-corrected chi connectivity index (χ1v) is 9.34. The molecule has 0 bridgehead atoms. The molecule has 0 saturated carbocycles. The Labute approximate surface area is 137 Å². The van der Waals surface area contributed by atoms with E-state index in [-0.39, 0.29) is 0 Å². The number of rotatable bonds is 4. The Kier molecular flexibility index (Phi) is 42.7. The molecule has 1 rings (SSSR count). The van der Waals surface area contributed by atoms with Gasteiger partial charge in [0.15, 0.2) is 0 Å². The predicted octanol–water partition coefficient (Wildman–Crippen LogP) is 8.48. The van der Waals surface area contributed by atoms with Gasteiger partial charge in [-0.3, -0.25) is 0 Å². The van der Waals surface area contributed by atoms with Crippen molar-refractivity contribution >= 4 is 0 Å². The third-order valence-corrected chi connectivity index (χ3v) is 2.40. The Bertz CT molecular complexity index is 213. The molecule has 0 aromatic heterocycles. The summed E-state index contributed by atoms with van der Waals surface area (Å²) in [6, 6.07) is 10.8. The molecular formula is C21H44. The van der Waals surface area contributed by atoms with E-state index in [1.165, 1.54) is 31.2 Å². The number of hydrogen-bond acceptors (Lipinski definition) is 0. The second kappa shape index (κ2) is 31.6. The van der Waals surface area contributed by atoms with Crippen LogP contribution in [0, 0.1) is 0 Å². The average molecular weight is 297 g/mol. The van der Waals surface area contributed by atoms with E-state index in [4.69, 9.17) is 0 Å². The topological polar surface area (TPSA) is 0 Å². The van der Waals surface area contributed by atoms with Crippen LogP contribution in [0.15, 0.2) is 30.3 Å². The molecule has 0 aliphatic rings. The van der Waals surface area contributed by atoms with Gasteiger partial charge in [0.05, 0.1) is 0 Å². The molecule has 0 aliphatic carbocycles. The molecule has 0 heterocycles. The highest BCUT2D eigenvalue weighted by molar-refractivity contribution is 5.19. The van der Waals surface area contributed by atoms with E-state index in [1.54, 1.807) is 0 Å². The van der Waals surface area contributed by atoms with Crippen molar-refractivity contribution in [3.05, 3.63) is 35.9 Å². The highest BCUT2D eigenvalue weighted by Crippen LogP contribution is 2.23. The molecule has 0 spiro atoms. The normalized spacial score (nSPS) is 9.05. The molecule has 21 heavy (non-hydrogen) atoms. The third kappa shape index (κ3) is 21.7. The summed E-state index contributed by atoms with van der Waals surface area (Å²) in [5.74, 6) is 0.774. The number of hydrogen-bond donors (Lipinski definition) is 0. The van der Waals surface area contributed by atoms with E-state index in [2.05, 4.69) is 58.0 Å². The maximum atomic E-state index is 2.27. The molecule has 0 saturated heterocycles. The van der Waals surface area contributed by atoms with Crippen LogP contribution in [-0.2, 0) is 0 Å². The maximum absolute atomic E-state index is 2.27. The first-order chi connectivity index (χ1) is 10.3. The Morgan fingerprint density at radius 3 is 1.38 bits per heavy atom. The minimum atomic E-state index is 0.774. The predicted molar refractivity (Wildman–Crippen MR) is 104 cm³/mol. The van der Waals surface area contributed by atoms with E-state index in [0.29, 0.717) is 0 Å². The van der Waals surface area contributed by atoms with Crippen molar-refractivity contribution in [3.63, 3.8) is 0 Å². The zero-order valence-electron chi connectivity index (χ0n) is 16.8. The van der Waals surface area contributed by atoms with Crippen LogP contribution in [0.25, 0.3) is 0 Å². The Balaban J connectivity index is -0.000000136. The molecule has 0 heteroatoms. The van der Waals surface area contributed by atoms with Crippen LogP contribution in [0.3, 0.4) is 0 Å². The van der Waals surface area contributed by atoms with Gasteiger partial charge in [-0.15, -0.1) is 0 Å². The van der Waals surface area contributed by atoms with E-state index in [0.717, 1.165) is 5.92 Å². The van der Waals surface area contributed by atoms with Gasteiger partial charge in [0.1, 0.15) is 0 Å². The lowest BCUT2D eigenvalue weighted by atomic mass is 9.92. The quantitative estimate of drug-likeness (QED) is 0.522. The van der Waals surface area contributed by atoms with Crippen LogP contribution in [0.1, 0.15) is 106 Å². The van der Waals surface area contributed by atoms with Gasteiger partial charge in [-0.25, -0.2) is 0 Å². The van der Waals surface area contributed by atoms with Crippen LogP contribution in [0.2, 0.25) is 0 Å². The summed E-state index contributed by atoms with van der Waals surface area (Å²) in [6.07, 6.45) is 5.12. The van der Waals surface area contributed by atoms with Crippen molar-refractivity contribution in [2.75, 3.05) is 0 Å². The smallest absolute Gasteiger partial charge is 0.0165 e. The molecule has 1 aromatic carbocycles. The van der Waals surface area contributed by atoms with Crippen LogP contribution >= 0.6 is 0 Å².